The quantitative estimate of drug-likeness (QED) is 0.731. The van der Waals surface area contributed by atoms with Crippen molar-refractivity contribution in [3.63, 3.8) is 0 Å². The summed E-state index contributed by atoms with van der Waals surface area (Å²) < 4.78 is 5.92. The number of hydrogen-bond acceptors (Lipinski definition) is 4. The number of benzene rings is 1. The van der Waals surface area contributed by atoms with Crippen LogP contribution in [0.2, 0.25) is 0 Å². The van der Waals surface area contributed by atoms with E-state index in [9.17, 15) is 9.59 Å². The second-order valence-corrected chi connectivity index (χ2v) is 5.09. The van der Waals surface area contributed by atoms with Gasteiger partial charge >= 0.3 is 0 Å². The van der Waals surface area contributed by atoms with Crippen LogP contribution in [0.4, 0.5) is 5.69 Å². The standard InChI is InChI=1S/C14H16BrN3O3/c1-17-13(19)2-4-21-5-3-14(20)18-12-7-10(9-16)6-11(15)8-12/h6-8H,2-5H2,1H3,(H,17,19)(H,18,20). The molecular weight excluding hydrogens is 338 g/mol. The number of carbonyl (C=O) groups excluding carboxylic acids is 2. The molecule has 7 heteroatoms. The zero-order chi connectivity index (χ0) is 15.7. The van der Waals surface area contributed by atoms with Gasteiger partial charge in [-0.05, 0) is 18.2 Å². The molecule has 1 rings (SSSR count). The molecule has 0 aliphatic carbocycles. The van der Waals surface area contributed by atoms with Crippen LogP contribution in [0, 0.1) is 11.3 Å². The molecule has 0 radical (unpaired) electrons. The third-order valence-corrected chi connectivity index (χ3v) is 2.99. The maximum atomic E-state index is 11.7. The number of anilines is 1. The molecule has 0 spiro atoms. The van der Waals surface area contributed by atoms with Gasteiger partial charge in [0.25, 0.3) is 0 Å². The smallest absolute Gasteiger partial charge is 0.226 e. The zero-order valence-electron chi connectivity index (χ0n) is 11.6. The molecule has 1 aromatic carbocycles. The second kappa shape index (κ2) is 9.10. The molecule has 0 aromatic heterocycles. The third-order valence-electron chi connectivity index (χ3n) is 2.54. The van der Waals surface area contributed by atoms with Crippen LogP contribution in [-0.4, -0.2) is 32.1 Å². The average molecular weight is 354 g/mol. The minimum Gasteiger partial charge on any atom is -0.380 e. The van der Waals surface area contributed by atoms with Gasteiger partial charge in [0.1, 0.15) is 0 Å². The maximum Gasteiger partial charge on any atom is 0.226 e. The fourth-order valence-electron chi connectivity index (χ4n) is 1.51. The highest BCUT2D eigenvalue weighted by molar-refractivity contribution is 9.10. The first-order valence-corrected chi connectivity index (χ1v) is 7.13. The van der Waals surface area contributed by atoms with Crippen molar-refractivity contribution in [2.75, 3.05) is 25.6 Å². The van der Waals surface area contributed by atoms with E-state index in [4.69, 9.17) is 10.00 Å². The molecule has 21 heavy (non-hydrogen) atoms. The van der Waals surface area contributed by atoms with Crippen molar-refractivity contribution >= 4 is 33.4 Å². The molecule has 0 bridgehead atoms. The molecule has 2 N–H and O–H groups in total. The number of halogens is 1. The van der Waals surface area contributed by atoms with Gasteiger partial charge in [-0.15, -0.1) is 0 Å². The normalized spacial score (nSPS) is 9.76. The monoisotopic (exact) mass is 353 g/mol. The topological polar surface area (TPSA) is 91.2 Å². The molecule has 1 aromatic rings. The van der Waals surface area contributed by atoms with Gasteiger partial charge in [-0.1, -0.05) is 15.9 Å². The Labute approximate surface area is 131 Å². The lowest BCUT2D eigenvalue weighted by molar-refractivity contribution is -0.121. The van der Waals surface area contributed by atoms with Crippen molar-refractivity contribution in [3.8, 4) is 6.07 Å². The average Bonchev–Trinajstić information content (AvgIpc) is 2.45. The molecule has 0 saturated carbocycles. The number of nitrogens with one attached hydrogen (secondary N) is 2. The number of amides is 2. The number of hydrogen-bond donors (Lipinski definition) is 2. The number of rotatable bonds is 7. The first-order valence-electron chi connectivity index (χ1n) is 6.34. The maximum absolute atomic E-state index is 11.7. The molecule has 0 fully saturated rings. The van der Waals surface area contributed by atoms with Crippen LogP contribution in [0.3, 0.4) is 0 Å². The van der Waals surface area contributed by atoms with Crippen LogP contribution in [0.5, 0.6) is 0 Å². The summed E-state index contributed by atoms with van der Waals surface area (Å²) in [5.74, 6) is -0.311. The summed E-state index contributed by atoms with van der Waals surface area (Å²) in [6.45, 7) is 0.518. The van der Waals surface area contributed by atoms with Gasteiger partial charge in [-0.3, -0.25) is 9.59 Å². The minimum atomic E-state index is -0.211. The summed E-state index contributed by atoms with van der Waals surface area (Å²) in [4.78, 5) is 22.6. The van der Waals surface area contributed by atoms with Gasteiger partial charge in [-0.25, -0.2) is 0 Å². The molecule has 0 heterocycles. The van der Waals surface area contributed by atoms with Crippen molar-refractivity contribution < 1.29 is 14.3 Å². The first-order chi connectivity index (χ1) is 10.0. The lowest BCUT2D eigenvalue weighted by Gasteiger charge is -2.07. The Morgan fingerprint density at radius 3 is 2.52 bits per heavy atom. The van der Waals surface area contributed by atoms with E-state index in [0.717, 1.165) is 4.47 Å². The molecule has 0 aliphatic heterocycles. The van der Waals surface area contributed by atoms with Gasteiger partial charge in [0.15, 0.2) is 0 Å². The predicted octanol–water partition coefficient (Wildman–Crippen LogP) is 1.80. The van der Waals surface area contributed by atoms with Gasteiger partial charge in [0.05, 0.1) is 31.3 Å². The Bertz CT molecular complexity index is 555. The zero-order valence-corrected chi connectivity index (χ0v) is 13.2. The first kappa shape index (κ1) is 17.1. The van der Waals surface area contributed by atoms with E-state index in [0.29, 0.717) is 11.3 Å². The fourth-order valence-corrected chi connectivity index (χ4v) is 2.00. The summed E-state index contributed by atoms with van der Waals surface area (Å²) >= 11 is 3.27. The van der Waals surface area contributed by atoms with Crippen LogP contribution in [0.15, 0.2) is 22.7 Å². The lowest BCUT2D eigenvalue weighted by Crippen LogP contribution is -2.20. The third kappa shape index (κ3) is 6.88. The molecule has 6 nitrogen and oxygen atoms in total. The molecule has 0 aliphatic rings. The van der Waals surface area contributed by atoms with Crippen molar-refractivity contribution in [1.29, 1.82) is 5.26 Å². The van der Waals surface area contributed by atoms with E-state index in [1.165, 1.54) is 0 Å². The Balaban J connectivity index is 2.33. The van der Waals surface area contributed by atoms with Crippen molar-refractivity contribution in [2.45, 2.75) is 12.8 Å². The highest BCUT2D eigenvalue weighted by Gasteiger charge is 2.05. The Kier molecular flexibility index (Phi) is 7.43. The van der Waals surface area contributed by atoms with Gasteiger partial charge in [0, 0.05) is 23.6 Å². The van der Waals surface area contributed by atoms with Gasteiger partial charge in [-0.2, -0.15) is 5.26 Å². The van der Waals surface area contributed by atoms with E-state index < -0.39 is 0 Å². The van der Waals surface area contributed by atoms with Crippen LogP contribution in [0.25, 0.3) is 0 Å². The number of ether oxygens (including phenoxy) is 1. The number of nitriles is 1. The van der Waals surface area contributed by atoms with Crippen LogP contribution in [-0.2, 0) is 14.3 Å². The highest BCUT2D eigenvalue weighted by Crippen LogP contribution is 2.19. The second-order valence-electron chi connectivity index (χ2n) is 4.17. The summed E-state index contributed by atoms with van der Waals surface area (Å²) in [7, 11) is 1.56. The van der Waals surface area contributed by atoms with E-state index in [1.807, 2.05) is 6.07 Å². The Hall–Kier alpha value is -1.91. The SMILES string of the molecule is CNC(=O)CCOCCC(=O)Nc1cc(Br)cc(C#N)c1. The van der Waals surface area contributed by atoms with Crippen LogP contribution in [0.1, 0.15) is 18.4 Å². The summed E-state index contributed by atoms with van der Waals surface area (Å²) in [5.41, 5.74) is 1.01. The van der Waals surface area contributed by atoms with Crippen LogP contribution < -0.4 is 10.6 Å². The molecule has 112 valence electrons. The van der Waals surface area contributed by atoms with Crippen molar-refractivity contribution in [3.05, 3.63) is 28.2 Å². The predicted molar refractivity (Wildman–Crippen MR) is 81.6 cm³/mol. The van der Waals surface area contributed by atoms with Crippen molar-refractivity contribution in [1.82, 2.24) is 5.32 Å². The highest BCUT2D eigenvalue weighted by atomic mass is 79.9. The Morgan fingerprint density at radius 2 is 1.90 bits per heavy atom. The number of nitrogens with zero attached hydrogens (tertiary/aromatic N) is 1. The summed E-state index contributed by atoms with van der Waals surface area (Å²) in [6.07, 6.45) is 0.456. The van der Waals surface area contributed by atoms with E-state index in [1.54, 1.807) is 25.2 Å². The molecular formula is C14H16BrN3O3. The molecule has 0 unspecified atom stereocenters. The van der Waals surface area contributed by atoms with Gasteiger partial charge in [0.2, 0.25) is 11.8 Å². The lowest BCUT2D eigenvalue weighted by atomic mass is 10.2. The summed E-state index contributed by atoms with van der Waals surface area (Å²) in [5, 5.41) is 14.0. The largest absolute Gasteiger partial charge is 0.380 e. The van der Waals surface area contributed by atoms with E-state index in [-0.39, 0.29) is 37.9 Å². The van der Waals surface area contributed by atoms with Gasteiger partial charge < -0.3 is 15.4 Å². The van der Waals surface area contributed by atoms with E-state index in [2.05, 4.69) is 26.6 Å². The minimum absolute atomic E-state index is 0.0994. The van der Waals surface area contributed by atoms with E-state index >= 15 is 0 Å². The molecule has 2 amide bonds. The Morgan fingerprint density at radius 1 is 1.24 bits per heavy atom. The number of carbonyl (C=O) groups is 2. The van der Waals surface area contributed by atoms with Crippen LogP contribution >= 0.6 is 15.9 Å². The van der Waals surface area contributed by atoms with Crippen molar-refractivity contribution in [2.24, 2.45) is 0 Å². The molecule has 0 saturated heterocycles. The summed E-state index contributed by atoms with van der Waals surface area (Å²) in [6, 6.07) is 6.98. The molecule has 0 atom stereocenters. The fraction of sp³-hybridized carbons (Fsp3) is 0.357.